The molecule has 7 heteroatoms. The molecule has 0 saturated carbocycles. The minimum Gasteiger partial charge on any atom is -0.493 e. The SMILES string of the molecule is COc1cc(-c2nccn3cc(-c4ccc(F)cc4)nc23)cc(OC)c1OC. The Morgan fingerprint density at radius 1 is 0.893 bits per heavy atom. The van der Waals surface area contributed by atoms with E-state index in [0.717, 1.165) is 16.8 Å². The van der Waals surface area contributed by atoms with Crippen LogP contribution in [0, 0.1) is 5.82 Å². The minimum atomic E-state index is -0.285. The van der Waals surface area contributed by atoms with Crippen molar-refractivity contribution in [2.45, 2.75) is 0 Å². The summed E-state index contributed by atoms with van der Waals surface area (Å²) in [6.07, 6.45) is 5.39. The van der Waals surface area contributed by atoms with Gasteiger partial charge in [0, 0.05) is 29.7 Å². The largest absolute Gasteiger partial charge is 0.493 e. The Morgan fingerprint density at radius 3 is 2.18 bits per heavy atom. The lowest BCUT2D eigenvalue weighted by Gasteiger charge is -2.14. The maximum absolute atomic E-state index is 13.2. The molecular weight excluding hydrogens is 361 g/mol. The topological polar surface area (TPSA) is 57.9 Å². The average Bonchev–Trinajstić information content (AvgIpc) is 3.17. The number of hydrogen-bond acceptors (Lipinski definition) is 5. The summed E-state index contributed by atoms with van der Waals surface area (Å²) in [5.74, 6) is 1.29. The first-order valence-corrected chi connectivity index (χ1v) is 8.54. The third-order valence-corrected chi connectivity index (χ3v) is 4.45. The van der Waals surface area contributed by atoms with Gasteiger partial charge in [0.05, 0.1) is 27.0 Å². The van der Waals surface area contributed by atoms with E-state index in [1.807, 2.05) is 28.9 Å². The first-order chi connectivity index (χ1) is 13.6. The average molecular weight is 379 g/mol. The molecule has 0 N–H and O–H groups in total. The van der Waals surface area contributed by atoms with Gasteiger partial charge in [-0.2, -0.15) is 0 Å². The molecule has 2 aromatic heterocycles. The highest BCUT2D eigenvalue weighted by molar-refractivity contribution is 5.79. The Bertz CT molecular complexity index is 1110. The first kappa shape index (κ1) is 17.8. The van der Waals surface area contributed by atoms with Gasteiger partial charge in [-0.1, -0.05) is 0 Å². The van der Waals surface area contributed by atoms with Crippen LogP contribution in [0.25, 0.3) is 28.2 Å². The maximum Gasteiger partial charge on any atom is 0.203 e. The normalized spacial score (nSPS) is 10.9. The Hall–Kier alpha value is -3.61. The number of methoxy groups -OCH3 is 3. The molecule has 4 aromatic rings. The van der Waals surface area contributed by atoms with Crippen LogP contribution in [0.1, 0.15) is 0 Å². The predicted octanol–water partition coefficient (Wildman–Crippen LogP) is 4.23. The van der Waals surface area contributed by atoms with E-state index in [1.54, 1.807) is 39.7 Å². The van der Waals surface area contributed by atoms with Crippen molar-refractivity contribution in [2.24, 2.45) is 0 Å². The number of halogens is 1. The van der Waals surface area contributed by atoms with E-state index in [2.05, 4.69) is 4.98 Å². The molecule has 0 radical (unpaired) electrons. The van der Waals surface area contributed by atoms with Crippen LogP contribution in [0.3, 0.4) is 0 Å². The van der Waals surface area contributed by atoms with Crippen LogP contribution < -0.4 is 14.2 Å². The van der Waals surface area contributed by atoms with Crippen molar-refractivity contribution >= 4 is 5.65 Å². The lowest BCUT2D eigenvalue weighted by Crippen LogP contribution is -1.97. The Kier molecular flexibility index (Phi) is 4.57. The molecule has 2 aromatic carbocycles. The second-order valence-corrected chi connectivity index (χ2v) is 6.05. The Morgan fingerprint density at radius 2 is 1.57 bits per heavy atom. The molecule has 0 aliphatic heterocycles. The van der Waals surface area contributed by atoms with Gasteiger partial charge in [0.25, 0.3) is 0 Å². The van der Waals surface area contributed by atoms with Crippen LogP contribution in [0.2, 0.25) is 0 Å². The summed E-state index contributed by atoms with van der Waals surface area (Å²) >= 11 is 0. The molecule has 6 nitrogen and oxygen atoms in total. The van der Waals surface area contributed by atoms with Crippen LogP contribution in [-0.4, -0.2) is 35.7 Å². The van der Waals surface area contributed by atoms with Gasteiger partial charge in [0.2, 0.25) is 5.75 Å². The maximum atomic E-state index is 13.2. The fourth-order valence-electron chi connectivity index (χ4n) is 3.10. The van der Waals surface area contributed by atoms with Crippen LogP contribution in [-0.2, 0) is 0 Å². The van der Waals surface area contributed by atoms with E-state index in [4.69, 9.17) is 19.2 Å². The van der Waals surface area contributed by atoms with E-state index in [-0.39, 0.29) is 5.82 Å². The van der Waals surface area contributed by atoms with Crippen molar-refractivity contribution in [3.05, 3.63) is 60.8 Å². The van der Waals surface area contributed by atoms with E-state index >= 15 is 0 Å². The third-order valence-electron chi connectivity index (χ3n) is 4.45. The smallest absolute Gasteiger partial charge is 0.203 e. The summed E-state index contributed by atoms with van der Waals surface area (Å²) in [5.41, 5.74) is 3.64. The molecule has 0 bridgehead atoms. The van der Waals surface area contributed by atoms with Gasteiger partial charge in [-0.25, -0.2) is 9.37 Å². The highest BCUT2D eigenvalue weighted by Crippen LogP contribution is 2.41. The van der Waals surface area contributed by atoms with E-state index in [1.165, 1.54) is 12.1 Å². The third kappa shape index (κ3) is 3.00. The van der Waals surface area contributed by atoms with Gasteiger partial charge in [0.15, 0.2) is 17.1 Å². The molecule has 0 aliphatic rings. The van der Waals surface area contributed by atoms with Gasteiger partial charge in [-0.05, 0) is 36.4 Å². The lowest BCUT2D eigenvalue weighted by molar-refractivity contribution is 0.324. The predicted molar refractivity (Wildman–Crippen MR) is 103 cm³/mol. The van der Waals surface area contributed by atoms with Crippen molar-refractivity contribution in [3.63, 3.8) is 0 Å². The zero-order valence-electron chi connectivity index (χ0n) is 15.6. The molecule has 2 heterocycles. The fourth-order valence-corrected chi connectivity index (χ4v) is 3.10. The number of hydrogen-bond donors (Lipinski definition) is 0. The van der Waals surface area contributed by atoms with Crippen LogP contribution in [0.4, 0.5) is 4.39 Å². The van der Waals surface area contributed by atoms with Crippen molar-refractivity contribution in [3.8, 4) is 39.8 Å². The Balaban J connectivity index is 1.89. The minimum absolute atomic E-state index is 0.285. The fraction of sp³-hybridized carbons (Fsp3) is 0.143. The number of nitrogens with zero attached hydrogens (tertiary/aromatic N) is 3. The standard InChI is InChI=1S/C21H18FN3O3/c1-26-17-10-14(11-18(27-2)20(17)28-3)19-21-24-16(12-25(21)9-8-23-19)13-4-6-15(22)7-5-13/h4-12H,1-3H3. The van der Waals surface area contributed by atoms with Crippen molar-refractivity contribution in [1.82, 2.24) is 14.4 Å². The molecule has 0 unspecified atom stereocenters. The molecule has 0 atom stereocenters. The molecule has 4 rings (SSSR count). The monoisotopic (exact) mass is 379 g/mol. The zero-order valence-corrected chi connectivity index (χ0v) is 15.6. The number of fused-ring (bicyclic) bond motifs is 1. The number of benzene rings is 2. The van der Waals surface area contributed by atoms with Crippen LogP contribution in [0.15, 0.2) is 55.0 Å². The van der Waals surface area contributed by atoms with Gasteiger partial charge in [0.1, 0.15) is 11.5 Å². The molecule has 0 fully saturated rings. The van der Waals surface area contributed by atoms with E-state index in [0.29, 0.717) is 28.6 Å². The molecule has 0 aliphatic carbocycles. The number of aromatic nitrogens is 3. The van der Waals surface area contributed by atoms with Crippen molar-refractivity contribution in [1.29, 1.82) is 0 Å². The second-order valence-electron chi connectivity index (χ2n) is 6.05. The number of ether oxygens (including phenoxy) is 3. The summed E-state index contributed by atoms with van der Waals surface area (Å²) in [5, 5.41) is 0. The Labute approximate surface area is 161 Å². The van der Waals surface area contributed by atoms with E-state index in [9.17, 15) is 4.39 Å². The lowest BCUT2D eigenvalue weighted by atomic mass is 10.1. The summed E-state index contributed by atoms with van der Waals surface area (Å²) in [6, 6.07) is 9.88. The number of imidazole rings is 1. The van der Waals surface area contributed by atoms with Gasteiger partial charge >= 0.3 is 0 Å². The zero-order chi connectivity index (χ0) is 19.7. The summed E-state index contributed by atoms with van der Waals surface area (Å²) in [7, 11) is 4.69. The highest BCUT2D eigenvalue weighted by atomic mass is 19.1. The second kappa shape index (κ2) is 7.19. The van der Waals surface area contributed by atoms with Gasteiger partial charge in [-0.15, -0.1) is 0 Å². The molecule has 0 spiro atoms. The highest BCUT2D eigenvalue weighted by Gasteiger charge is 2.17. The summed E-state index contributed by atoms with van der Waals surface area (Å²) in [4.78, 5) is 9.22. The van der Waals surface area contributed by atoms with Crippen molar-refractivity contribution < 1.29 is 18.6 Å². The summed E-state index contributed by atoms with van der Waals surface area (Å²) < 4.78 is 31.4. The quantitative estimate of drug-likeness (QED) is 0.519. The molecular formula is C21H18FN3O3. The van der Waals surface area contributed by atoms with Crippen LogP contribution >= 0.6 is 0 Å². The number of rotatable bonds is 5. The molecule has 28 heavy (non-hydrogen) atoms. The summed E-state index contributed by atoms with van der Waals surface area (Å²) in [6.45, 7) is 0. The first-order valence-electron chi connectivity index (χ1n) is 8.54. The van der Waals surface area contributed by atoms with Gasteiger partial charge in [-0.3, -0.25) is 4.98 Å². The van der Waals surface area contributed by atoms with Gasteiger partial charge < -0.3 is 18.6 Å². The van der Waals surface area contributed by atoms with Crippen molar-refractivity contribution in [2.75, 3.05) is 21.3 Å². The van der Waals surface area contributed by atoms with Crippen LogP contribution in [0.5, 0.6) is 17.2 Å². The molecule has 142 valence electrons. The van der Waals surface area contributed by atoms with E-state index < -0.39 is 0 Å². The molecule has 0 amide bonds. The molecule has 0 saturated heterocycles.